The number of halogens is 1. The minimum Gasteiger partial charge on any atom is -0.494 e. The van der Waals surface area contributed by atoms with Crippen molar-refractivity contribution in [3.05, 3.63) is 52.5 Å². The Hall–Kier alpha value is -2.34. The highest BCUT2D eigenvalue weighted by atomic mass is 79.9. The second kappa shape index (κ2) is 7.91. The van der Waals surface area contributed by atoms with Gasteiger partial charge in [0.25, 0.3) is 0 Å². The lowest BCUT2D eigenvalue weighted by atomic mass is 10.1. The number of benzene rings is 2. The van der Waals surface area contributed by atoms with Gasteiger partial charge in [0.2, 0.25) is 11.8 Å². The zero-order valence-corrected chi connectivity index (χ0v) is 16.4. The van der Waals surface area contributed by atoms with Crippen molar-refractivity contribution in [1.29, 1.82) is 0 Å². The first kappa shape index (κ1) is 18.5. The number of nitrogens with one attached hydrogen (secondary N) is 1. The van der Waals surface area contributed by atoms with E-state index in [-0.39, 0.29) is 24.2 Å². The molecular formula is C20H21BrN2O3. The molecule has 5 nitrogen and oxygen atoms in total. The van der Waals surface area contributed by atoms with Crippen LogP contribution in [-0.4, -0.2) is 25.0 Å². The fourth-order valence-electron chi connectivity index (χ4n) is 3.02. The maximum Gasteiger partial charge on any atom is 0.229 e. The van der Waals surface area contributed by atoms with E-state index >= 15 is 0 Å². The molecule has 0 aromatic heterocycles. The molecule has 0 spiro atoms. The topological polar surface area (TPSA) is 58.6 Å². The number of anilines is 2. The summed E-state index contributed by atoms with van der Waals surface area (Å²) in [6.45, 7) is 4.84. The second-order valence-electron chi connectivity index (χ2n) is 6.28. The van der Waals surface area contributed by atoms with Crippen LogP contribution >= 0.6 is 15.9 Å². The van der Waals surface area contributed by atoms with Gasteiger partial charge in [-0.3, -0.25) is 9.59 Å². The van der Waals surface area contributed by atoms with Crippen molar-refractivity contribution in [2.45, 2.75) is 20.3 Å². The molecule has 0 aliphatic carbocycles. The number of hydrogen-bond donors (Lipinski definition) is 1. The lowest BCUT2D eigenvalue weighted by Crippen LogP contribution is -2.28. The quantitative estimate of drug-likeness (QED) is 0.796. The van der Waals surface area contributed by atoms with Gasteiger partial charge in [-0.1, -0.05) is 15.9 Å². The molecule has 136 valence electrons. The average molecular weight is 417 g/mol. The highest BCUT2D eigenvalue weighted by Gasteiger charge is 2.35. The molecule has 2 aromatic carbocycles. The van der Waals surface area contributed by atoms with Crippen molar-refractivity contribution >= 4 is 39.1 Å². The predicted molar refractivity (Wildman–Crippen MR) is 106 cm³/mol. The van der Waals surface area contributed by atoms with Crippen LogP contribution in [0.15, 0.2) is 46.9 Å². The Kier molecular flexibility index (Phi) is 5.61. The van der Waals surface area contributed by atoms with Crippen LogP contribution in [0.1, 0.15) is 18.9 Å². The first-order chi connectivity index (χ1) is 12.5. The minimum absolute atomic E-state index is 0.0400. The van der Waals surface area contributed by atoms with E-state index < -0.39 is 0 Å². The van der Waals surface area contributed by atoms with E-state index in [1.165, 1.54) is 0 Å². The van der Waals surface area contributed by atoms with Crippen LogP contribution in [0.25, 0.3) is 0 Å². The summed E-state index contributed by atoms with van der Waals surface area (Å²) < 4.78 is 6.39. The normalized spacial score (nSPS) is 16.7. The fraction of sp³-hybridized carbons (Fsp3) is 0.300. The van der Waals surface area contributed by atoms with Crippen LogP contribution < -0.4 is 15.0 Å². The van der Waals surface area contributed by atoms with Gasteiger partial charge in [-0.2, -0.15) is 0 Å². The maximum absolute atomic E-state index is 12.6. The molecule has 2 amide bonds. The number of amides is 2. The van der Waals surface area contributed by atoms with Crippen molar-refractivity contribution in [2.75, 3.05) is 23.4 Å². The van der Waals surface area contributed by atoms with Crippen LogP contribution in [0, 0.1) is 12.8 Å². The Morgan fingerprint density at radius 2 is 2.00 bits per heavy atom. The van der Waals surface area contributed by atoms with E-state index in [0.717, 1.165) is 27.2 Å². The van der Waals surface area contributed by atoms with Crippen molar-refractivity contribution in [2.24, 2.45) is 5.92 Å². The summed E-state index contributed by atoms with van der Waals surface area (Å²) in [4.78, 5) is 26.6. The number of aryl methyl sites for hydroxylation is 1. The van der Waals surface area contributed by atoms with E-state index in [1.807, 2.05) is 56.3 Å². The minimum atomic E-state index is -0.364. The molecule has 1 saturated heterocycles. The smallest absolute Gasteiger partial charge is 0.229 e. The van der Waals surface area contributed by atoms with Gasteiger partial charge in [-0.05, 0) is 61.9 Å². The number of carbonyl (C=O) groups excluding carboxylic acids is 2. The van der Waals surface area contributed by atoms with E-state index in [1.54, 1.807) is 4.90 Å². The van der Waals surface area contributed by atoms with Crippen LogP contribution in [0.5, 0.6) is 5.75 Å². The molecule has 2 aromatic rings. The number of rotatable bonds is 5. The second-order valence-corrected chi connectivity index (χ2v) is 7.20. The molecule has 1 fully saturated rings. The first-order valence-corrected chi connectivity index (χ1v) is 9.37. The summed E-state index contributed by atoms with van der Waals surface area (Å²) in [6.07, 6.45) is 0.217. The Balaban J connectivity index is 1.67. The zero-order chi connectivity index (χ0) is 18.7. The third kappa shape index (κ3) is 4.07. The Bertz CT molecular complexity index is 820. The molecule has 0 radical (unpaired) electrons. The summed E-state index contributed by atoms with van der Waals surface area (Å²) in [5.41, 5.74) is 2.53. The first-order valence-electron chi connectivity index (χ1n) is 8.58. The third-order valence-electron chi connectivity index (χ3n) is 4.40. The lowest BCUT2D eigenvalue weighted by molar-refractivity contribution is -0.122. The molecule has 0 unspecified atom stereocenters. The SMILES string of the molecule is CCOc1ccc(N2C[C@H](C(=O)Nc3ccc(Br)cc3C)CC2=O)cc1. The lowest BCUT2D eigenvalue weighted by Gasteiger charge is -2.17. The Labute approximate surface area is 161 Å². The molecular weight excluding hydrogens is 396 g/mol. The molecule has 1 heterocycles. The predicted octanol–water partition coefficient (Wildman–Crippen LogP) is 4.15. The molecule has 0 saturated carbocycles. The standard InChI is InChI=1S/C20H21BrN2O3/c1-3-26-17-7-5-16(6-8-17)23-12-14(11-19(23)24)20(25)22-18-9-4-15(21)10-13(18)2/h4-10,14H,3,11-12H2,1-2H3,(H,22,25)/t14-/m1/s1. The van der Waals surface area contributed by atoms with E-state index in [9.17, 15) is 9.59 Å². The van der Waals surface area contributed by atoms with Gasteiger partial charge in [0.05, 0.1) is 12.5 Å². The molecule has 26 heavy (non-hydrogen) atoms. The van der Waals surface area contributed by atoms with E-state index in [4.69, 9.17) is 4.74 Å². The molecule has 1 atom stereocenters. The van der Waals surface area contributed by atoms with Gasteiger partial charge >= 0.3 is 0 Å². The van der Waals surface area contributed by atoms with Crippen molar-refractivity contribution < 1.29 is 14.3 Å². The highest BCUT2D eigenvalue weighted by molar-refractivity contribution is 9.10. The van der Waals surface area contributed by atoms with Gasteiger partial charge in [0, 0.05) is 28.8 Å². The average Bonchev–Trinajstić information content (AvgIpc) is 3.00. The summed E-state index contributed by atoms with van der Waals surface area (Å²) in [5.74, 6) is 0.235. The maximum atomic E-state index is 12.6. The summed E-state index contributed by atoms with van der Waals surface area (Å²) in [7, 11) is 0. The van der Waals surface area contributed by atoms with Gasteiger partial charge in [-0.25, -0.2) is 0 Å². The molecule has 1 N–H and O–H groups in total. The molecule has 3 rings (SSSR count). The van der Waals surface area contributed by atoms with Crippen LogP contribution in [-0.2, 0) is 9.59 Å². The highest BCUT2D eigenvalue weighted by Crippen LogP contribution is 2.28. The van der Waals surface area contributed by atoms with Gasteiger partial charge in [0.15, 0.2) is 0 Å². The van der Waals surface area contributed by atoms with Crippen LogP contribution in [0.2, 0.25) is 0 Å². The molecule has 0 bridgehead atoms. The monoisotopic (exact) mass is 416 g/mol. The van der Waals surface area contributed by atoms with E-state index in [2.05, 4.69) is 21.2 Å². The van der Waals surface area contributed by atoms with Gasteiger partial charge in [0.1, 0.15) is 5.75 Å². The van der Waals surface area contributed by atoms with Crippen LogP contribution in [0.4, 0.5) is 11.4 Å². The van der Waals surface area contributed by atoms with Crippen molar-refractivity contribution in [3.8, 4) is 5.75 Å². The third-order valence-corrected chi connectivity index (χ3v) is 4.89. The fourth-order valence-corrected chi connectivity index (χ4v) is 3.50. The van der Waals surface area contributed by atoms with Crippen molar-refractivity contribution in [3.63, 3.8) is 0 Å². The molecule has 1 aliphatic heterocycles. The summed E-state index contributed by atoms with van der Waals surface area (Å²) in [6, 6.07) is 13.1. The number of ether oxygens (including phenoxy) is 1. The zero-order valence-electron chi connectivity index (χ0n) is 14.8. The summed E-state index contributed by atoms with van der Waals surface area (Å²) in [5, 5.41) is 2.94. The number of nitrogens with zero attached hydrogens (tertiary/aromatic N) is 1. The largest absolute Gasteiger partial charge is 0.494 e. The number of carbonyl (C=O) groups is 2. The molecule has 6 heteroatoms. The summed E-state index contributed by atoms with van der Waals surface area (Å²) >= 11 is 3.41. The van der Waals surface area contributed by atoms with Gasteiger partial charge in [-0.15, -0.1) is 0 Å². The van der Waals surface area contributed by atoms with Gasteiger partial charge < -0.3 is 15.0 Å². The van der Waals surface area contributed by atoms with Crippen LogP contribution in [0.3, 0.4) is 0 Å². The molecule has 1 aliphatic rings. The Morgan fingerprint density at radius 3 is 2.65 bits per heavy atom. The Morgan fingerprint density at radius 1 is 1.27 bits per heavy atom. The van der Waals surface area contributed by atoms with E-state index in [0.29, 0.717) is 13.2 Å². The number of hydrogen-bond acceptors (Lipinski definition) is 3. The van der Waals surface area contributed by atoms with Crippen molar-refractivity contribution in [1.82, 2.24) is 0 Å².